The Balaban J connectivity index is 1.36. The first-order valence-electron chi connectivity index (χ1n) is 11.1. The first-order valence-corrected chi connectivity index (χ1v) is 12.5. The van der Waals surface area contributed by atoms with Gasteiger partial charge in [-0.2, -0.15) is 11.8 Å². The number of likely N-dealkylation sites (tertiary alicyclic amines) is 1. The number of carbonyl (C=O) groups is 3. The summed E-state index contributed by atoms with van der Waals surface area (Å²) >= 11 is 1.60. The van der Waals surface area contributed by atoms with Crippen LogP contribution in [-0.4, -0.2) is 65.7 Å². The summed E-state index contributed by atoms with van der Waals surface area (Å²) in [5.74, 6) is -0.397. The Morgan fingerprint density at radius 1 is 1.09 bits per heavy atom. The number of nitrogens with one attached hydrogen (secondary N) is 1. The molecule has 33 heavy (non-hydrogen) atoms. The van der Waals surface area contributed by atoms with Gasteiger partial charge in [0.05, 0.1) is 6.42 Å². The number of benzene rings is 2. The normalized spacial score (nSPS) is 15.8. The highest BCUT2D eigenvalue weighted by molar-refractivity contribution is 7.98. The van der Waals surface area contributed by atoms with Crippen LogP contribution < -0.4 is 5.32 Å². The molecule has 0 spiro atoms. The Bertz CT molecular complexity index is 991. The van der Waals surface area contributed by atoms with Crippen LogP contribution in [0.1, 0.15) is 29.9 Å². The van der Waals surface area contributed by atoms with E-state index in [1.165, 1.54) is 0 Å². The zero-order valence-electron chi connectivity index (χ0n) is 18.5. The summed E-state index contributed by atoms with van der Waals surface area (Å²) in [6, 6.07) is 15.6. The summed E-state index contributed by atoms with van der Waals surface area (Å²) in [5.41, 5.74) is 4.57. The fourth-order valence-electron chi connectivity index (χ4n) is 4.62. The zero-order valence-corrected chi connectivity index (χ0v) is 19.3. The number of thioether (sulfide) groups is 1. The average Bonchev–Trinajstić information content (AvgIpc) is 3.10. The van der Waals surface area contributed by atoms with E-state index in [2.05, 4.69) is 29.6 Å². The first-order chi connectivity index (χ1) is 16.0. The summed E-state index contributed by atoms with van der Waals surface area (Å²) < 4.78 is 5.60. The van der Waals surface area contributed by atoms with E-state index < -0.39 is 18.1 Å². The van der Waals surface area contributed by atoms with Crippen LogP contribution in [0, 0.1) is 5.92 Å². The number of aliphatic carboxylic acids is 1. The van der Waals surface area contributed by atoms with Crippen LogP contribution in [0.2, 0.25) is 0 Å². The summed E-state index contributed by atoms with van der Waals surface area (Å²) in [6.07, 6.45) is 1.88. The highest BCUT2D eigenvalue weighted by Gasteiger charge is 2.36. The number of rotatable bonds is 9. The number of carboxylic acid groups (broad SMARTS) is 1. The van der Waals surface area contributed by atoms with E-state index >= 15 is 0 Å². The van der Waals surface area contributed by atoms with Gasteiger partial charge >= 0.3 is 12.1 Å². The van der Waals surface area contributed by atoms with Crippen LogP contribution in [0.3, 0.4) is 0 Å². The molecule has 1 saturated heterocycles. The van der Waals surface area contributed by atoms with Crippen molar-refractivity contribution in [1.29, 1.82) is 0 Å². The van der Waals surface area contributed by atoms with Gasteiger partial charge in [0.25, 0.3) is 0 Å². The molecule has 0 aromatic heterocycles. The minimum Gasteiger partial charge on any atom is -0.481 e. The van der Waals surface area contributed by atoms with Gasteiger partial charge in [-0.3, -0.25) is 9.59 Å². The second kappa shape index (κ2) is 10.3. The molecule has 0 radical (unpaired) electrons. The van der Waals surface area contributed by atoms with Crippen molar-refractivity contribution in [3.63, 3.8) is 0 Å². The maximum absolute atomic E-state index is 12.9. The van der Waals surface area contributed by atoms with Crippen molar-refractivity contribution in [2.75, 3.05) is 31.7 Å². The molecule has 1 atom stereocenters. The number of amides is 2. The molecule has 2 aromatic rings. The molecule has 1 aliphatic carbocycles. The van der Waals surface area contributed by atoms with Crippen molar-refractivity contribution in [3.05, 3.63) is 59.7 Å². The fraction of sp³-hybridized carbons (Fsp3) is 0.400. The molecule has 174 valence electrons. The maximum atomic E-state index is 12.9. The molecule has 2 aliphatic rings. The van der Waals surface area contributed by atoms with E-state index in [1.807, 2.05) is 30.5 Å². The Morgan fingerprint density at radius 3 is 2.27 bits per heavy atom. The predicted molar refractivity (Wildman–Crippen MR) is 127 cm³/mol. The second-order valence-corrected chi connectivity index (χ2v) is 9.50. The maximum Gasteiger partial charge on any atom is 0.407 e. The van der Waals surface area contributed by atoms with E-state index in [-0.39, 0.29) is 30.8 Å². The van der Waals surface area contributed by atoms with Gasteiger partial charge in [0, 0.05) is 24.9 Å². The molecular weight excluding hydrogens is 440 g/mol. The van der Waals surface area contributed by atoms with Gasteiger partial charge in [0.15, 0.2) is 0 Å². The molecule has 4 rings (SSSR count). The molecule has 7 nitrogen and oxygen atoms in total. The highest BCUT2D eigenvalue weighted by atomic mass is 32.2. The number of nitrogens with zero attached hydrogens (tertiary/aromatic N) is 1. The fourth-order valence-corrected chi connectivity index (χ4v) is 5.09. The van der Waals surface area contributed by atoms with Crippen molar-refractivity contribution in [1.82, 2.24) is 10.2 Å². The summed E-state index contributed by atoms with van der Waals surface area (Å²) in [7, 11) is 0. The van der Waals surface area contributed by atoms with E-state index in [4.69, 9.17) is 9.84 Å². The van der Waals surface area contributed by atoms with Crippen molar-refractivity contribution in [2.45, 2.75) is 24.8 Å². The van der Waals surface area contributed by atoms with Gasteiger partial charge in [-0.15, -0.1) is 0 Å². The van der Waals surface area contributed by atoms with Crippen LogP contribution in [0.5, 0.6) is 0 Å². The zero-order chi connectivity index (χ0) is 23.4. The van der Waals surface area contributed by atoms with Crippen LogP contribution in [0.15, 0.2) is 48.5 Å². The Morgan fingerprint density at radius 2 is 1.70 bits per heavy atom. The molecule has 2 N–H and O–H groups in total. The minimum atomic E-state index is -0.859. The highest BCUT2D eigenvalue weighted by Crippen LogP contribution is 2.44. The molecule has 0 unspecified atom stereocenters. The third-order valence-corrected chi connectivity index (χ3v) is 6.92. The average molecular weight is 469 g/mol. The molecule has 0 saturated carbocycles. The molecule has 1 heterocycles. The third-order valence-electron chi connectivity index (χ3n) is 6.28. The molecule has 1 fully saturated rings. The smallest absolute Gasteiger partial charge is 0.407 e. The van der Waals surface area contributed by atoms with Gasteiger partial charge < -0.3 is 20.1 Å². The second-order valence-electron chi connectivity index (χ2n) is 8.51. The summed E-state index contributed by atoms with van der Waals surface area (Å²) in [6.45, 7) is 1.01. The summed E-state index contributed by atoms with van der Waals surface area (Å²) in [5, 5.41) is 11.7. The minimum absolute atomic E-state index is 0.0258. The number of carboxylic acids is 1. The topological polar surface area (TPSA) is 95.9 Å². The lowest BCUT2D eigenvalue weighted by Crippen LogP contribution is -2.57. The number of hydrogen-bond acceptors (Lipinski definition) is 5. The van der Waals surface area contributed by atoms with Gasteiger partial charge in [0.2, 0.25) is 5.91 Å². The van der Waals surface area contributed by atoms with Gasteiger partial charge in [-0.1, -0.05) is 48.5 Å². The quantitative estimate of drug-likeness (QED) is 0.584. The van der Waals surface area contributed by atoms with Crippen molar-refractivity contribution < 1.29 is 24.2 Å². The van der Waals surface area contributed by atoms with Gasteiger partial charge in [-0.05, 0) is 40.7 Å². The van der Waals surface area contributed by atoms with E-state index in [0.717, 1.165) is 22.3 Å². The molecule has 1 aliphatic heterocycles. The van der Waals surface area contributed by atoms with Crippen LogP contribution >= 0.6 is 11.8 Å². The molecular formula is C25H28N2O5S. The van der Waals surface area contributed by atoms with E-state index in [0.29, 0.717) is 25.3 Å². The number of carbonyl (C=O) groups excluding carboxylic acids is 2. The first kappa shape index (κ1) is 23.2. The number of alkyl carbamates (subject to hydrolysis) is 1. The number of fused-ring (bicyclic) bond motifs is 3. The monoisotopic (exact) mass is 468 g/mol. The molecule has 2 amide bonds. The Labute approximate surface area is 197 Å². The van der Waals surface area contributed by atoms with Crippen LogP contribution in [0.4, 0.5) is 4.79 Å². The van der Waals surface area contributed by atoms with Crippen LogP contribution in [-0.2, 0) is 14.3 Å². The largest absolute Gasteiger partial charge is 0.481 e. The Hall–Kier alpha value is -3.00. The van der Waals surface area contributed by atoms with Crippen molar-refractivity contribution in [3.8, 4) is 11.1 Å². The van der Waals surface area contributed by atoms with Gasteiger partial charge in [-0.25, -0.2) is 4.79 Å². The van der Waals surface area contributed by atoms with Crippen molar-refractivity contribution in [2.24, 2.45) is 5.92 Å². The number of hydrogen-bond donors (Lipinski definition) is 2. The SMILES string of the molecule is CSCC[C@@H](NC(=O)OCC1c2ccccc2-c2ccccc21)C(=O)N1CC(CC(=O)O)C1. The third kappa shape index (κ3) is 5.16. The lowest BCUT2D eigenvalue weighted by atomic mass is 9.95. The summed E-state index contributed by atoms with van der Waals surface area (Å²) in [4.78, 5) is 38.0. The van der Waals surface area contributed by atoms with Crippen LogP contribution in [0.25, 0.3) is 11.1 Å². The van der Waals surface area contributed by atoms with Gasteiger partial charge in [0.1, 0.15) is 12.6 Å². The molecule has 8 heteroatoms. The lowest BCUT2D eigenvalue weighted by Gasteiger charge is -2.40. The Kier molecular flexibility index (Phi) is 7.23. The molecule has 2 aromatic carbocycles. The predicted octanol–water partition coefficient (Wildman–Crippen LogP) is 3.58. The van der Waals surface area contributed by atoms with E-state index in [1.54, 1.807) is 16.7 Å². The van der Waals surface area contributed by atoms with Crippen molar-refractivity contribution >= 4 is 29.7 Å². The number of ether oxygens (including phenoxy) is 1. The lowest BCUT2D eigenvalue weighted by molar-refractivity contribution is -0.146. The standard InChI is InChI=1S/C25H28N2O5S/c1-33-11-10-22(24(30)27-13-16(14-27)12-23(28)29)26-25(31)32-15-21-19-8-4-2-6-17(19)18-7-3-5-9-20(18)21/h2-9,16,21-22H,10-15H2,1H3,(H,26,31)(H,28,29)/t22-/m1/s1. The molecule has 0 bridgehead atoms. The van der Waals surface area contributed by atoms with E-state index in [9.17, 15) is 14.4 Å².